The van der Waals surface area contributed by atoms with Crippen LogP contribution in [0.1, 0.15) is 30.3 Å². The maximum atomic E-state index is 13.1. The topological polar surface area (TPSA) is 51.7 Å². The van der Waals surface area contributed by atoms with E-state index in [2.05, 4.69) is 11.9 Å². The largest absolute Gasteiger partial charge is 0.457 e. The lowest BCUT2D eigenvalue weighted by atomic mass is 9.92. The van der Waals surface area contributed by atoms with Crippen molar-refractivity contribution in [2.24, 2.45) is 5.92 Å². The summed E-state index contributed by atoms with van der Waals surface area (Å²) < 4.78 is 11.5. The highest BCUT2D eigenvalue weighted by molar-refractivity contribution is 5.93. The molecule has 0 spiro atoms. The maximum absolute atomic E-state index is 13.1. The molecule has 4 rings (SSSR count). The minimum Gasteiger partial charge on any atom is -0.457 e. The second kappa shape index (κ2) is 6.48. The van der Waals surface area contributed by atoms with Crippen LogP contribution in [-0.2, 0) is 4.74 Å². The summed E-state index contributed by atoms with van der Waals surface area (Å²) in [4.78, 5) is 19.3. The van der Waals surface area contributed by atoms with Crippen molar-refractivity contribution in [1.29, 1.82) is 0 Å². The van der Waals surface area contributed by atoms with Crippen molar-refractivity contribution >= 4 is 5.91 Å². The number of rotatable bonds is 4. The first kappa shape index (κ1) is 16.1. The Bertz CT molecular complexity index is 761. The van der Waals surface area contributed by atoms with Gasteiger partial charge in [-0.15, -0.1) is 0 Å². The van der Waals surface area contributed by atoms with Gasteiger partial charge < -0.3 is 14.4 Å². The summed E-state index contributed by atoms with van der Waals surface area (Å²) in [7, 11) is 0. The average molecular weight is 338 g/mol. The van der Waals surface area contributed by atoms with Crippen molar-refractivity contribution in [3.63, 3.8) is 0 Å². The molecule has 1 saturated heterocycles. The lowest BCUT2D eigenvalue weighted by molar-refractivity contribution is -0.0549. The summed E-state index contributed by atoms with van der Waals surface area (Å²) in [6, 6.07) is 13.0. The molecule has 2 aliphatic rings. The third-order valence-corrected chi connectivity index (χ3v) is 5.10. The average Bonchev–Trinajstić information content (AvgIpc) is 3.48. The Hall–Kier alpha value is -2.40. The molecular weight excluding hydrogens is 316 g/mol. The summed E-state index contributed by atoms with van der Waals surface area (Å²) in [5.41, 5.74) is 0.190. The van der Waals surface area contributed by atoms with E-state index in [1.165, 1.54) is 0 Å². The van der Waals surface area contributed by atoms with Crippen molar-refractivity contribution in [2.75, 3.05) is 19.8 Å². The highest BCUT2D eigenvalue weighted by Gasteiger charge is 2.49. The van der Waals surface area contributed by atoms with Crippen LogP contribution >= 0.6 is 0 Å². The number of aromatic nitrogens is 1. The van der Waals surface area contributed by atoms with Crippen LogP contribution in [0.2, 0.25) is 0 Å². The number of benzene rings is 1. The van der Waals surface area contributed by atoms with E-state index in [1.807, 2.05) is 35.2 Å². The van der Waals surface area contributed by atoms with Gasteiger partial charge in [-0.1, -0.05) is 18.2 Å². The molecular formula is C20H22N2O3. The van der Waals surface area contributed by atoms with Gasteiger partial charge in [-0.2, -0.15) is 0 Å². The minimum atomic E-state index is -0.229. The van der Waals surface area contributed by atoms with Crippen molar-refractivity contribution in [3.05, 3.63) is 54.4 Å². The van der Waals surface area contributed by atoms with Crippen LogP contribution in [0.4, 0.5) is 0 Å². The lowest BCUT2D eigenvalue weighted by Gasteiger charge is -2.45. The maximum Gasteiger partial charge on any atom is 0.273 e. The van der Waals surface area contributed by atoms with Crippen LogP contribution < -0.4 is 4.74 Å². The summed E-state index contributed by atoms with van der Waals surface area (Å²) in [6.07, 6.45) is 3.95. The molecule has 1 aliphatic carbocycles. The zero-order valence-corrected chi connectivity index (χ0v) is 14.4. The molecule has 1 saturated carbocycles. The van der Waals surface area contributed by atoms with E-state index in [1.54, 1.807) is 18.3 Å². The predicted octanol–water partition coefficient (Wildman–Crippen LogP) is 3.52. The van der Waals surface area contributed by atoms with Crippen molar-refractivity contribution in [2.45, 2.75) is 25.3 Å². The number of pyridine rings is 1. The van der Waals surface area contributed by atoms with E-state index in [9.17, 15) is 4.79 Å². The lowest BCUT2D eigenvalue weighted by Crippen LogP contribution is -2.58. The summed E-state index contributed by atoms with van der Waals surface area (Å²) in [5, 5.41) is 0. The number of para-hydroxylation sites is 1. The molecule has 2 fully saturated rings. The normalized spacial score (nSPS) is 23.3. The van der Waals surface area contributed by atoms with Crippen molar-refractivity contribution < 1.29 is 14.3 Å². The van der Waals surface area contributed by atoms with Gasteiger partial charge in [-0.25, -0.2) is 0 Å². The Morgan fingerprint density at radius 3 is 2.80 bits per heavy atom. The molecule has 1 atom stereocenters. The first-order valence-electron chi connectivity index (χ1n) is 8.75. The molecule has 0 radical (unpaired) electrons. The van der Waals surface area contributed by atoms with E-state index in [4.69, 9.17) is 9.47 Å². The van der Waals surface area contributed by atoms with Gasteiger partial charge in [0.05, 0.1) is 18.8 Å². The fourth-order valence-electron chi connectivity index (χ4n) is 3.50. The Kier molecular flexibility index (Phi) is 4.17. The predicted molar refractivity (Wildman–Crippen MR) is 93.7 cm³/mol. The Morgan fingerprint density at radius 1 is 1.24 bits per heavy atom. The van der Waals surface area contributed by atoms with Gasteiger partial charge in [0.2, 0.25) is 0 Å². The van der Waals surface area contributed by atoms with E-state index >= 15 is 0 Å². The van der Waals surface area contributed by atoms with Gasteiger partial charge in [0.25, 0.3) is 5.91 Å². The number of hydrogen-bond acceptors (Lipinski definition) is 4. The zero-order chi connectivity index (χ0) is 17.3. The van der Waals surface area contributed by atoms with Crippen molar-refractivity contribution in [1.82, 2.24) is 9.88 Å². The standard InChI is InChI=1S/C20H22N2O3/c1-20(15-7-8-15)14-24-12-11-22(20)19(23)18-13-17(9-10-21-18)25-16-5-3-2-4-6-16/h2-6,9-10,13,15H,7-8,11-12,14H2,1H3. The van der Waals surface area contributed by atoms with E-state index in [-0.39, 0.29) is 11.4 Å². The van der Waals surface area contributed by atoms with Crippen LogP contribution in [0.15, 0.2) is 48.7 Å². The fourth-order valence-corrected chi connectivity index (χ4v) is 3.50. The van der Waals surface area contributed by atoms with E-state index in [0.29, 0.717) is 37.1 Å². The van der Waals surface area contributed by atoms with Crippen molar-refractivity contribution in [3.8, 4) is 11.5 Å². The fraction of sp³-hybridized carbons (Fsp3) is 0.400. The smallest absolute Gasteiger partial charge is 0.273 e. The number of carbonyl (C=O) groups is 1. The number of hydrogen-bond donors (Lipinski definition) is 0. The molecule has 1 unspecified atom stereocenters. The van der Waals surface area contributed by atoms with E-state index < -0.39 is 0 Å². The van der Waals surface area contributed by atoms with E-state index in [0.717, 1.165) is 18.6 Å². The number of morpholine rings is 1. The number of ether oxygens (including phenoxy) is 2. The van der Waals surface area contributed by atoms with Crippen LogP contribution in [0, 0.1) is 5.92 Å². The molecule has 1 amide bonds. The molecule has 1 aromatic carbocycles. The number of amides is 1. The number of nitrogens with zero attached hydrogens (tertiary/aromatic N) is 2. The molecule has 1 aromatic heterocycles. The third kappa shape index (κ3) is 3.24. The molecule has 130 valence electrons. The molecule has 0 bridgehead atoms. The minimum absolute atomic E-state index is 0.0452. The Morgan fingerprint density at radius 2 is 2.04 bits per heavy atom. The van der Waals surface area contributed by atoms with Crippen LogP contribution in [0.5, 0.6) is 11.5 Å². The van der Waals surface area contributed by atoms with Crippen LogP contribution in [0.3, 0.4) is 0 Å². The first-order chi connectivity index (χ1) is 12.2. The van der Waals surface area contributed by atoms with Gasteiger partial charge in [-0.3, -0.25) is 9.78 Å². The zero-order valence-electron chi connectivity index (χ0n) is 14.4. The molecule has 1 aliphatic heterocycles. The summed E-state index contributed by atoms with van der Waals surface area (Å²) in [6.45, 7) is 3.92. The second-order valence-corrected chi connectivity index (χ2v) is 6.93. The number of carbonyl (C=O) groups excluding carboxylic acids is 1. The van der Waals surface area contributed by atoms with Gasteiger partial charge in [0, 0.05) is 18.8 Å². The highest BCUT2D eigenvalue weighted by atomic mass is 16.5. The molecule has 0 N–H and O–H groups in total. The van der Waals surface area contributed by atoms with Crippen LogP contribution in [0.25, 0.3) is 0 Å². The summed E-state index contributed by atoms with van der Waals surface area (Å²) >= 11 is 0. The van der Waals surface area contributed by atoms with Gasteiger partial charge in [0.15, 0.2) is 0 Å². The first-order valence-corrected chi connectivity index (χ1v) is 8.75. The molecule has 25 heavy (non-hydrogen) atoms. The second-order valence-electron chi connectivity index (χ2n) is 6.93. The molecule has 5 heteroatoms. The quantitative estimate of drug-likeness (QED) is 0.856. The molecule has 5 nitrogen and oxygen atoms in total. The molecule has 2 heterocycles. The Balaban J connectivity index is 1.56. The van der Waals surface area contributed by atoms with Gasteiger partial charge in [0.1, 0.15) is 17.2 Å². The SMILES string of the molecule is CC1(C2CC2)COCCN1C(=O)c1cc(Oc2ccccc2)ccn1. The third-order valence-electron chi connectivity index (χ3n) is 5.10. The monoisotopic (exact) mass is 338 g/mol. The summed E-state index contributed by atoms with van der Waals surface area (Å²) in [5.74, 6) is 1.84. The van der Waals surface area contributed by atoms with Crippen LogP contribution in [-0.4, -0.2) is 41.1 Å². The van der Waals surface area contributed by atoms with Gasteiger partial charge >= 0.3 is 0 Å². The highest BCUT2D eigenvalue weighted by Crippen LogP contribution is 2.44. The Labute approximate surface area is 147 Å². The van der Waals surface area contributed by atoms with Gasteiger partial charge in [-0.05, 0) is 43.9 Å². The molecule has 2 aromatic rings.